The van der Waals surface area contributed by atoms with Crippen LogP contribution in [0.25, 0.3) is 11.0 Å². The summed E-state index contributed by atoms with van der Waals surface area (Å²) in [5.74, 6) is 0.391. The molecule has 0 radical (unpaired) electrons. The smallest absolute Gasteiger partial charge is 0.274 e. The largest absolute Gasteiger partial charge is 0.474 e. The van der Waals surface area contributed by atoms with Crippen LogP contribution >= 0.6 is 0 Å². The Balaban J connectivity index is 1.37. The van der Waals surface area contributed by atoms with Crippen molar-refractivity contribution in [1.29, 1.82) is 5.26 Å². The molecule has 3 aromatic rings. The lowest BCUT2D eigenvalue weighted by atomic mass is 10.1. The third-order valence-corrected chi connectivity index (χ3v) is 4.55. The number of likely N-dealkylation sites (tertiary alicyclic amines) is 1. The quantitative estimate of drug-likeness (QED) is 0.714. The molecule has 0 N–H and O–H groups in total. The van der Waals surface area contributed by atoms with Crippen LogP contribution in [-0.4, -0.2) is 45.0 Å². The Kier molecular flexibility index (Phi) is 4.62. The van der Waals surface area contributed by atoms with E-state index in [2.05, 4.69) is 15.0 Å². The molecule has 0 saturated carbocycles. The van der Waals surface area contributed by atoms with Gasteiger partial charge in [-0.15, -0.1) is 0 Å². The standard InChI is InChI=1S/C20H17N5O2/c21-11-14-5-6-19(23-12-14)27-15-7-9-25(10-8-15)20(26)18-13-22-16-3-1-2-4-17(16)24-18/h1-6,12-13,15H,7-10H2. The molecule has 3 heterocycles. The van der Waals surface area contributed by atoms with E-state index >= 15 is 0 Å². The van der Waals surface area contributed by atoms with Gasteiger partial charge in [0.1, 0.15) is 17.9 Å². The molecule has 1 fully saturated rings. The number of carbonyl (C=O) groups excluding carboxylic acids is 1. The second-order valence-electron chi connectivity index (χ2n) is 6.35. The number of benzene rings is 1. The summed E-state index contributed by atoms with van der Waals surface area (Å²) in [7, 11) is 0. The van der Waals surface area contributed by atoms with Crippen LogP contribution in [-0.2, 0) is 0 Å². The van der Waals surface area contributed by atoms with E-state index in [0.29, 0.717) is 48.6 Å². The number of fused-ring (bicyclic) bond motifs is 1. The van der Waals surface area contributed by atoms with Crippen LogP contribution in [0.2, 0.25) is 0 Å². The molecule has 2 aromatic heterocycles. The molecule has 27 heavy (non-hydrogen) atoms. The Bertz CT molecular complexity index is 1000. The zero-order valence-corrected chi connectivity index (χ0v) is 14.6. The fraction of sp³-hybridized carbons (Fsp3) is 0.250. The molecule has 1 aromatic carbocycles. The zero-order chi connectivity index (χ0) is 18.6. The molecular formula is C20H17N5O2. The van der Waals surface area contributed by atoms with Crippen molar-refractivity contribution in [3.05, 3.63) is 60.0 Å². The normalized spacial score (nSPS) is 14.7. The summed E-state index contributed by atoms with van der Waals surface area (Å²) in [4.78, 5) is 27.4. The van der Waals surface area contributed by atoms with E-state index in [9.17, 15) is 4.79 Å². The molecule has 7 nitrogen and oxygen atoms in total. The van der Waals surface area contributed by atoms with Crippen molar-refractivity contribution < 1.29 is 9.53 Å². The first-order chi connectivity index (χ1) is 13.2. The highest BCUT2D eigenvalue weighted by Crippen LogP contribution is 2.19. The molecule has 1 saturated heterocycles. The fourth-order valence-corrected chi connectivity index (χ4v) is 3.09. The van der Waals surface area contributed by atoms with Crippen LogP contribution in [0.15, 0.2) is 48.8 Å². The molecule has 134 valence electrons. The van der Waals surface area contributed by atoms with E-state index < -0.39 is 0 Å². The Morgan fingerprint density at radius 2 is 1.85 bits per heavy atom. The zero-order valence-electron chi connectivity index (χ0n) is 14.6. The first-order valence-electron chi connectivity index (χ1n) is 8.77. The van der Waals surface area contributed by atoms with Gasteiger partial charge in [-0.05, 0) is 18.2 Å². The summed E-state index contributed by atoms with van der Waals surface area (Å²) in [5, 5.41) is 8.81. The minimum Gasteiger partial charge on any atom is -0.474 e. The Morgan fingerprint density at radius 3 is 2.56 bits per heavy atom. The molecule has 0 aliphatic carbocycles. The number of hydrogen-bond acceptors (Lipinski definition) is 6. The van der Waals surface area contributed by atoms with Gasteiger partial charge in [-0.25, -0.2) is 9.97 Å². The first kappa shape index (κ1) is 16.9. The number of aromatic nitrogens is 3. The maximum Gasteiger partial charge on any atom is 0.274 e. The number of nitriles is 1. The van der Waals surface area contributed by atoms with Gasteiger partial charge in [-0.1, -0.05) is 12.1 Å². The summed E-state index contributed by atoms with van der Waals surface area (Å²) in [5.41, 5.74) is 2.35. The van der Waals surface area contributed by atoms with Crippen LogP contribution in [0.4, 0.5) is 0 Å². The van der Waals surface area contributed by atoms with Crippen LogP contribution in [0.5, 0.6) is 5.88 Å². The Hall–Kier alpha value is -3.53. The number of pyridine rings is 1. The third-order valence-electron chi connectivity index (χ3n) is 4.55. The second kappa shape index (κ2) is 7.38. The van der Waals surface area contributed by atoms with E-state index in [0.717, 1.165) is 5.52 Å². The first-order valence-corrected chi connectivity index (χ1v) is 8.77. The van der Waals surface area contributed by atoms with Crippen molar-refractivity contribution in [1.82, 2.24) is 19.9 Å². The minimum atomic E-state index is -0.108. The number of nitrogens with zero attached hydrogens (tertiary/aromatic N) is 5. The van der Waals surface area contributed by atoms with Crippen LogP contribution in [0, 0.1) is 11.3 Å². The van der Waals surface area contributed by atoms with Gasteiger partial charge >= 0.3 is 0 Å². The molecule has 1 amide bonds. The molecule has 0 spiro atoms. The van der Waals surface area contributed by atoms with E-state index in [1.807, 2.05) is 30.3 Å². The van der Waals surface area contributed by atoms with Gasteiger partial charge < -0.3 is 9.64 Å². The van der Waals surface area contributed by atoms with Crippen LogP contribution in [0.1, 0.15) is 28.9 Å². The molecule has 1 aliphatic rings. The van der Waals surface area contributed by atoms with E-state index in [1.165, 1.54) is 12.4 Å². The van der Waals surface area contributed by atoms with Crippen LogP contribution < -0.4 is 4.74 Å². The summed E-state index contributed by atoms with van der Waals surface area (Å²) < 4.78 is 5.86. The highest BCUT2D eigenvalue weighted by molar-refractivity contribution is 5.93. The number of para-hydroxylation sites is 2. The summed E-state index contributed by atoms with van der Waals surface area (Å²) in [6.07, 6.45) is 4.46. The van der Waals surface area contributed by atoms with Gasteiger partial charge in [0.25, 0.3) is 5.91 Å². The van der Waals surface area contributed by atoms with Crippen molar-refractivity contribution in [3.63, 3.8) is 0 Å². The topological polar surface area (TPSA) is 92.0 Å². The van der Waals surface area contributed by atoms with Gasteiger partial charge in [0.15, 0.2) is 0 Å². The maximum absolute atomic E-state index is 12.7. The van der Waals surface area contributed by atoms with Gasteiger partial charge in [0.2, 0.25) is 5.88 Å². The lowest BCUT2D eigenvalue weighted by Gasteiger charge is -2.31. The van der Waals surface area contributed by atoms with Crippen molar-refractivity contribution >= 4 is 16.9 Å². The van der Waals surface area contributed by atoms with E-state index in [-0.39, 0.29) is 12.0 Å². The number of ether oxygens (including phenoxy) is 1. The van der Waals surface area contributed by atoms with Crippen LogP contribution in [0.3, 0.4) is 0 Å². The molecule has 0 atom stereocenters. The highest BCUT2D eigenvalue weighted by Gasteiger charge is 2.26. The van der Waals surface area contributed by atoms with Crippen molar-refractivity contribution in [3.8, 4) is 11.9 Å². The number of hydrogen-bond donors (Lipinski definition) is 0. The van der Waals surface area contributed by atoms with Crippen molar-refractivity contribution in [2.75, 3.05) is 13.1 Å². The number of piperidine rings is 1. The number of rotatable bonds is 3. The lowest BCUT2D eigenvalue weighted by Crippen LogP contribution is -2.42. The average molecular weight is 359 g/mol. The van der Waals surface area contributed by atoms with Gasteiger partial charge in [-0.2, -0.15) is 5.26 Å². The highest BCUT2D eigenvalue weighted by atomic mass is 16.5. The third kappa shape index (κ3) is 3.70. The van der Waals surface area contributed by atoms with E-state index in [1.54, 1.807) is 17.0 Å². The Labute approximate surface area is 156 Å². The SMILES string of the molecule is N#Cc1ccc(OC2CCN(C(=O)c3cnc4ccccc4n3)CC2)nc1. The monoisotopic (exact) mass is 359 g/mol. The molecule has 4 rings (SSSR count). The lowest BCUT2D eigenvalue weighted by molar-refractivity contribution is 0.0582. The van der Waals surface area contributed by atoms with Gasteiger partial charge in [-0.3, -0.25) is 9.78 Å². The van der Waals surface area contributed by atoms with Crippen molar-refractivity contribution in [2.24, 2.45) is 0 Å². The van der Waals surface area contributed by atoms with E-state index in [4.69, 9.17) is 10.00 Å². The molecular weight excluding hydrogens is 342 g/mol. The summed E-state index contributed by atoms with van der Waals surface area (Å²) in [6, 6.07) is 12.9. The molecule has 7 heteroatoms. The number of carbonyl (C=O) groups is 1. The fourth-order valence-electron chi connectivity index (χ4n) is 3.09. The maximum atomic E-state index is 12.7. The number of amides is 1. The summed E-state index contributed by atoms with van der Waals surface area (Å²) in [6.45, 7) is 1.18. The minimum absolute atomic E-state index is 0.00262. The van der Waals surface area contributed by atoms with Crippen molar-refractivity contribution in [2.45, 2.75) is 18.9 Å². The molecule has 0 unspecified atom stereocenters. The van der Waals surface area contributed by atoms with Gasteiger partial charge in [0.05, 0.1) is 22.8 Å². The second-order valence-corrected chi connectivity index (χ2v) is 6.35. The predicted octanol–water partition coefficient (Wildman–Crippen LogP) is 2.58. The Morgan fingerprint density at radius 1 is 1.07 bits per heavy atom. The van der Waals surface area contributed by atoms with Gasteiger partial charge in [0, 0.05) is 38.2 Å². The summed E-state index contributed by atoms with van der Waals surface area (Å²) >= 11 is 0. The average Bonchev–Trinajstić information content (AvgIpc) is 2.74. The molecule has 1 aliphatic heterocycles. The molecule has 0 bridgehead atoms. The predicted molar refractivity (Wildman–Crippen MR) is 98.0 cm³/mol.